The fraction of sp³-hybridized carbons (Fsp3) is 0. The number of rotatable bonds is 1. The largest absolute Gasteiger partial charge is 0.505 e. The molecule has 0 fully saturated rings. The fourth-order valence-electron chi connectivity index (χ4n) is 1.54. The molecule has 0 aliphatic heterocycles. The van der Waals surface area contributed by atoms with Gasteiger partial charge in [-0.25, -0.2) is 0 Å². The lowest BCUT2D eigenvalue weighted by Crippen LogP contribution is -2.27. The highest BCUT2D eigenvalue weighted by Gasteiger charge is 2.23. The molecule has 0 radical (unpaired) electrons. The lowest BCUT2D eigenvalue weighted by Gasteiger charge is -2.14. The van der Waals surface area contributed by atoms with E-state index in [0.717, 1.165) is 6.08 Å². The summed E-state index contributed by atoms with van der Waals surface area (Å²) in [5.41, 5.74) is 8.90. The van der Waals surface area contributed by atoms with Gasteiger partial charge in [-0.1, -0.05) is 24.3 Å². The Balaban J connectivity index is 2.52. The highest BCUT2D eigenvalue weighted by atomic mass is 32.1. The number of nitrogens with zero attached hydrogens (tertiary/aromatic N) is 1. The second kappa shape index (κ2) is 4.34. The lowest BCUT2D eigenvalue weighted by molar-refractivity contribution is 0.104. The average Bonchev–Trinajstić information content (AvgIpc) is 2.28. The third-order valence-corrected chi connectivity index (χ3v) is 2.33. The van der Waals surface area contributed by atoms with Gasteiger partial charge in [0.2, 0.25) is 0 Å². The Hall–Kier alpha value is -2.21. The number of thiocarbonyl (C=S) groups is 1. The third kappa shape index (κ3) is 2.16. The van der Waals surface area contributed by atoms with Crippen LogP contribution in [0.5, 0.6) is 0 Å². The zero-order valence-corrected chi connectivity index (χ0v) is 9.49. The minimum atomic E-state index is -0.257. The molecule has 0 heterocycles. The van der Waals surface area contributed by atoms with E-state index >= 15 is 0 Å². The normalized spacial score (nSPS) is 16.4. The summed E-state index contributed by atoms with van der Waals surface area (Å²) in [7, 11) is 0. The van der Waals surface area contributed by atoms with Crippen LogP contribution in [0.4, 0.5) is 0 Å². The van der Waals surface area contributed by atoms with Gasteiger partial charge in [0.1, 0.15) is 11.5 Å². The summed E-state index contributed by atoms with van der Waals surface area (Å²) in [5.74, 6) is -0.468. The number of aliphatic hydroxyl groups is 1. The lowest BCUT2D eigenvalue weighted by atomic mass is 9.93. The predicted octanol–water partition coefficient (Wildman–Crippen LogP) is 0.862. The molecule has 0 saturated heterocycles. The van der Waals surface area contributed by atoms with Crippen molar-refractivity contribution in [3.8, 4) is 0 Å². The van der Waals surface area contributed by atoms with Crippen molar-refractivity contribution >= 4 is 28.8 Å². The van der Waals surface area contributed by atoms with Crippen LogP contribution < -0.4 is 11.2 Å². The van der Waals surface area contributed by atoms with Gasteiger partial charge in [-0.3, -0.25) is 10.2 Å². The van der Waals surface area contributed by atoms with Gasteiger partial charge in [0.15, 0.2) is 10.9 Å². The predicted molar refractivity (Wildman–Crippen MR) is 67.9 cm³/mol. The maximum atomic E-state index is 11.6. The summed E-state index contributed by atoms with van der Waals surface area (Å²) in [6.45, 7) is 0. The van der Waals surface area contributed by atoms with E-state index < -0.39 is 0 Å². The molecule has 0 spiro atoms. The molecular weight excluding hydrogens is 238 g/mol. The first kappa shape index (κ1) is 11.3. The molecule has 1 aliphatic carbocycles. The van der Waals surface area contributed by atoms with E-state index in [0.29, 0.717) is 11.1 Å². The minimum absolute atomic E-state index is 0.0142. The van der Waals surface area contributed by atoms with Gasteiger partial charge >= 0.3 is 0 Å². The van der Waals surface area contributed by atoms with Gasteiger partial charge in [-0.05, 0) is 12.2 Å². The van der Waals surface area contributed by atoms with Crippen LogP contribution >= 0.6 is 12.2 Å². The van der Waals surface area contributed by atoms with Gasteiger partial charge in [0.25, 0.3) is 0 Å². The summed E-state index contributed by atoms with van der Waals surface area (Å²) >= 11 is 4.62. The van der Waals surface area contributed by atoms with Crippen LogP contribution in [0.3, 0.4) is 0 Å². The van der Waals surface area contributed by atoms with Gasteiger partial charge < -0.3 is 10.8 Å². The molecule has 1 aromatic rings. The molecule has 0 amide bonds. The Morgan fingerprint density at radius 1 is 1.35 bits per heavy atom. The van der Waals surface area contributed by atoms with Crippen LogP contribution in [0, 0.1) is 0 Å². The molecule has 4 N–H and O–H groups in total. The number of nitrogens with two attached hydrogens (primary N) is 1. The molecule has 17 heavy (non-hydrogen) atoms. The van der Waals surface area contributed by atoms with Crippen LogP contribution in [-0.4, -0.2) is 21.7 Å². The zero-order chi connectivity index (χ0) is 12.4. The van der Waals surface area contributed by atoms with Gasteiger partial charge in [-0.15, -0.1) is 0 Å². The molecule has 0 saturated carbocycles. The SMILES string of the molecule is NC(=S)NN=C1C(O)=CC(=O)c2ccccc21. The van der Waals surface area contributed by atoms with Crippen molar-refractivity contribution in [2.75, 3.05) is 0 Å². The van der Waals surface area contributed by atoms with Crippen molar-refractivity contribution in [3.63, 3.8) is 0 Å². The summed E-state index contributed by atoms with van der Waals surface area (Å²) in [6, 6.07) is 6.85. The summed E-state index contributed by atoms with van der Waals surface area (Å²) in [5, 5.41) is 13.5. The number of carbonyl (C=O) groups excluding carboxylic acids is 1. The Bertz CT molecular complexity index is 564. The number of aliphatic hydroxyl groups excluding tert-OH is 1. The number of carbonyl (C=O) groups is 1. The monoisotopic (exact) mass is 247 g/mol. The fourth-order valence-corrected chi connectivity index (χ4v) is 1.59. The molecule has 1 aromatic carbocycles. The Labute approximate surface area is 103 Å². The number of nitrogens with one attached hydrogen (secondary N) is 1. The quantitative estimate of drug-likeness (QED) is 0.506. The van der Waals surface area contributed by atoms with Crippen molar-refractivity contribution in [2.24, 2.45) is 10.8 Å². The van der Waals surface area contributed by atoms with Crippen molar-refractivity contribution in [1.82, 2.24) is 5.43 Å². The summed E-state index contributed by atoms with van der Waals surface area (Å²) < 4.78 is 0. The highest BCUT2D eigenvalue weighted by Crippen LogP contribution is 2.20. The molecular formula is C11H9N3O2S. The van der Waals surface area contributed by atoms with Crippen molar-refractivity contribution in [3.05, 3.63) is 47.2 Å². The number of hydrogen-bond acceptors (Lipinski definition) is 4. The van der Waals surface area contributed by atoms with Crippen LogP contribution in [-0.2, 0) is 0 Å². The maximum Gasteiger partial charge on any atom is 0.190 e. The second-order valence-electron chi connectivity index (χ2n) is 3.38. The molecule has 6 heteroatoms. The smallest absolute Gasteiger partial charge is 0.190 e. The molecule has 86 valence electrons. The van der Waals surface area contributed by atoms with Crippen molar-refractivity contribution in [2.45, 2.75) is 0 Å². The van der Waals surface area contributed by atoms with Crippen LogP contribution in [0.15, 0.2) is 41.2 Å². The van der Waals surface area contributed by atoms with Gasteiger partial charge in [-0.2, -0.15) is 5.10 Å². The number of fused-ring (bicyclic) bond motifs is 1. The number of benzene rings is 1. The second-order valence-corrected chi connectivity index (χ2v) is 3.82. The van der Waals surface area contributed by atoms with Crippen LogP contribution in [0.2, 0.25) is 0 Å². The Morgan fingerprint density at radius 2 is 2.00 bits per heavy atom. The Morgan fingerprint density at radius 3 is 2.65 bits per heavy atom. The van der Waals surface area contributed by atoms with E-state index in [4.69, 9.17) is 5.73 Å². The van der Waals surface area contributed by atoms with E-state index in [1.165, 1.54) is 0 Å². The van der Waals surface area contributed by atoms with Gasteiger partial charge in [0, 0.05) is 17.2 Å². The van der Waals surface area contributed by atoms with Crippen molar-refractivity contribution < 1.29 is 9.90 Å². The molecule has 2 rings (SSSR count). The summed E-state index contributed by atoms with van der Waals surface area (Å²) in [6.07, 6.45) is 1.11. The molecule has 0 atom stereocenters. The molecule has 0 unspecified atom stereocenters. The van der Waals surface area contributed by atoms with Gasteiger partial charge in [0.05, 0.1) is 0 Å². The average molecular weight is 247 g/mol. The van der Waals surface area contributed by atoms with E-state index in [2.05, 4.69) is 22.7 Å². The third-order valence-electron chi connectivity index (χ3n) is 2.24. The molecule has 1 aliphatic rings. The zero-order valence-electron chi connectivity index (χ0n) is 8.68. The van der Waals surface area contributed by atoms with E-state index in [9.17, 15) is 9.90 Å². The number of hydrogen-bond donors (Lipinski definition) is 3. The van der Waals surface area contributed by atoms with E-state index in [1.807, 2.05) is 0 Å². The van der Waals surface area contributed by atoms with E-state index in [-0.39, 0.29) is 22.4 Å². The van der Waals surface area contributed by atoms with Crippen LogP contribution in [0.25, 0.3) is 0 Å². The number of hydrazone groups is 1. The molecule has 0 bridgehead atoms. The number of allylic oxidation sites excluding steroid dienone is 2. The van der Waals surface area contributed by atoms with Crippen molar-refractivity contribution in [1.29, 1.82) is 0 Å². The van der Waals surface area contributed by atoms with E-state index in [1.54, 1.807) is 24.3 Å². The minimum Gasteiger partial charge on any atom is -0.505 e. The first-order valence-electron chi connectivity index (χ1n) is 4.77. The standard InChI is InChI=1S/C11H9N3O2S/c12-11(17)14-13-10-7-4-2-1-3-6(7)8(15)5-9(10)16/h1-5,16H,(H3,12,14,17). The van der Waals surface area contributed by atoms with Crippen LogP contribution in [0.1, 0.15) is 15.9 Å². The molecule has 0 aromatic heterocycles. The first-order chi connectivity index (χ1) is 8.09. The topological polar surface area (TPSA) is 87.7 Å². The highest BCUT2D eigenvalue weighted by molar-refractivity contribution is 7.80. The number of ketones is 1. The molecule has 5 nitrogen and oxygen atoms in total. The first-order valence-corrected chi connectivity index (χ1v) is 5.18. The maximum absolute atomic E-state index is 11.6. The summed E-state index contributed by atoms with van der Waals surface area (Å²) in [4.78, 5) is 11.6. The Kier molecular flexibility index (Phi) is 2.88.